The fraction of sp³-hybridized carbons (Fsp3) is 0.208. The first kappa shape index (κ1) is 19.3. The van der Waals surface area contributed by atoms with E-state index in [2.05, 4.69) is 10.6 Å². The molecular formula is C24H23ClN2O2. The van der Waals surface area contributed by atoms with Crippen molar-refractivity contribution in [1.82, 2.24) is 9.55 Å². The number of aromatic nitrogens is 2. The SMILES string of the molecule is CCOc1ccccc1OCCn1c(Cc2ccccc2Cl)nc2ccccc21. The van der Waals surface area contributed by atoms with Crippen molar-refractivity contribution in [3.05, 3.63) is 89.2 Å². The van der Waals surface area contributed by atoms with E-state index in [1.54, 1.807) is 0 Å². The van der Waals surface area contributed by atoms with Gasteiger partial charge in [-0.05, 0) is 42.8 Å². The lowest BCUT2D eigenvalue weighted by Gasteiger charge is -2.14. The lowest BCUT2D eigenvalue weighted by atomic mass is 10.1. The van der Waals surface area contributed by atoms with Gasteiger partial charge < -0.3 is 14.0 Å². The van der Waals surface area contributed by atoms with Crippen LogP contribution in [0.1, 0.15) is 18.3 Å². The molecule has 0 saturated carbocycles. The van der Waals surface area contributed by atoms with Crippen LogP contribution in [0.4, 0.5) is 0 Å². The Morgan fingerprint density at radius 1 is 0.862 bits per heavy atom. The minimum atomic E-state index is 0.514. The van der Waals surface area contributed by atoms with Gasteiger partial charge in [0.05, 0.1) is 24.2 Å². The first-order chi connectivity index (χ1) is 14.3. The predicted octanol–water partition coefficient (Wildman–Crippen LogP) is 5.76. The minimum Gasteiger partial charge on any atom is -0.490 e. The molecule has 0 radical (unpaired) electrons. The van der Waals surface area contributed by atoms with Gasteiger partial charge in [-0.15, -0.1) is 0 Å². The van der Waals surface area contributed by atoms with Gasteiger partial charge in [-0.1, -0.05) is 54.1 Å². The predicted molar refractivity (Wildman–Crippen MR) is 117 cm³/mol. The monoisotopic (exact) mass is 406 g/mol. The topological polar surface area (TPSA) is 36.3 Å². The maximum atomic E-state index is 6.38. The Labute approximate surface area is 175 Å². The molecule has 0 aliphatic heterocycles. The van der Waals surface area contributed by atoms with E-state index in [1.807, 2.05) is 73.7 Å². The third-order valence-electron chi connectivity index (χ3n) is 4.76. The fourth-order valence-electron chi connectivity index (χ4n) is 3.41. The summed E-state index contributed by atoms with van der Waals surface area (Å²) in [5.74, 6) is 2.49. The Kier molecular flexibility index (Phi) is 6.01. The number of hydrogen-bond donors (Lipinski definition) is 0. The summed E-state index contributed by atoms with van der Waals surface area (Å²) in [6.45, 7) is 3.77. The Bertz CT molecular complexity index is 1110. The van der Waals surface area contributed by atoms with Gasteiger partial charge in [-0.3, -0.25) is 0 Å². The molecule has 0 N–H and O–H groups in total. The van der Waals surface area contributed by atoms with Crippen LogP contribution in [0, 0.1) is 0 Å². The zero-order chi connectivity index (χ0) is 20.1. The van der Waals surface area contributed by atoms with Crippen LogP contribution in [-0.4, -0.2) is 22.8 Å². The molecule has 0 fully saturated rings. The smallest absolute Gasteiger partial charge is 0.161 e. The Balaban J connectivity index is 1.57. The summed E-state index contributed by atoms with van der Waals surface area (Å²) in [6, 6.07) is 23.8. The normalized spacial score (nSPS) is 11.0. The van der Waals surface area contributed by atoms with E-state index in [4.69, 9.17) is 26.1 Å². The van der Waals surface area contributed by atoms with Gasteiger partial charge in [-0.2, -0.15) is 0 Å². The van der Waals surface area contributed by atoms with Crippen molar-refractivity contribution in [2.24, 2.45) is 0 Å². The van der Waals surface area contributed by atoms with Crippen LogP contribution >= 0.6 is 11.6 Å². The van der Waals surface area contributed by atoms with Crippen LogP contribution in [0.25, 0.3) is 11.0 Å². The highest BCUT2D eigenvalue weighted by atomic mass is 35.5. The second-order valence-corrected chi connectivity index (χ2v) is 7.07. The van der Waals surface area contributed by atoms with Crippen molar-refractivity contribution in [2.75, 3.05) is 13.2 Å². The zero-order valence-corrected chi connectivity index (χ0v) is 17.1. The van der Waals surface area contributed by atoms with Crippen molar-refractivity contribution in [3.63, 3.8) is 0 Å². The molecule has 0 unspecified atom stereocenters. The number of para-hydroxylation sites is 4. The van der Waals surface area contributed by atoms with E-state index >= 15 is 0 Å². The Hall–Kier alpha value is -2.98. The highest BCUT2D eigenvalue weighted by molar-refractivity contribution is 6.31. The molecule has 29 heavy (non-hydrogen) atoms. The lowest BCUT2D eigenvalue weighted by molar-refractivity contribution is 0.266. The number of ether oxygens (including phenoxy) is 2. The molecule has 4 nitrogen and oxygen atoms in total. The van der Waals surface area contributed by atoms with Crippen LogP contribution in [0.3, 0.4) is 0 Å². The van der Waals surface area contributed by atoms with Crippen molar-refractivity contribution < 1.29 is 9.47 Å². The average Bonchev–Trinajstić information content (AvgIpc) is 3.08. The van der Waals surface area contributed by atoms with Gasteiger partial charge >= 0.3 is 0 Å². The third kappa shape index (κ3) is 4.38. The van der Waals surface area contributed by atoms with Gasteiger partial charge in [0.15, 0.2) is 11.5 Å². The Morgan fingerprint density at radius 2 is 1.55 bits per heavy atom. The highest BCUT2D eigenvalue weighted by Crippen LogP contribution is 2.27. The molecule has 0 aliphatic carbocycles. The summed E-state index contributed by atoms with van der Waals surface area (Å²) >= 11 is 6.38. The molecule has 4 aromatic rings. The molecule has 0 amide bonds. The molecule has 4 rings (SSSR count). The maximum Gasteiger partial charge on any atom is 0.161 e. The van der Waals surface area contributed by atoms with Crippen molar-refractivity contribution in [2.45, 2.75) is 19.9 Å². The molecule has 3 aromatic carbocycles. The molecule has 5 heteroatoms. The number of nitrogens with zero attached hydrogens (tertiary/aromatic N) is 2. The minimum absolute atomic E-state index is 0.514. The quantitative estimate of drug-likeness (QED) is 0.373. The third-order valence-corrected chi connectivity index (χ3v) is 5.13. The molecule has 148 valence electrons. The number of hydrogen-bond acceptors (Lipinski definition) is 3. The van der Waals surface area contributed by atoms with Gasteiger partial charge in [0.2, 0.25) is 0 Å². The van der Waals surface area contributed by atoms with E-state index in [-0.39, 0.29) is 0 Å². The van der Waals surface area contributed by atoms with Gasteiger partial charge in [0, 0.05) is 11.4 Å². The molecule has 1 aromatic heterocycles. The first-order valence-corrected chi connectivity index (χ1v) is 10.2. The standard InChI is InChI=1S/C24H23ClN2O2/c1-2-28-22-13-7-8-14-23(22)29-16-15-27-21-12-6-5-11-20(21)26-24(27)17-18-9-3-4-10-19(18)25/h3-14H,2,15-17H2,1H3. The summed E-state index contributed by atoms with van der Waals surface area (Å²) < 4.78 is 13.9. The van der Waals surface area contributed by atoms with Crippen LogP contribution in [-0.2, 0) is 13.0 Å². The lowest BCUT2D eigenvalue weighted by Crippen LogP contribution is -2.12. The van der Waals surface area contributed by atoms with E-state index in [0.29, 0.717) is 26.2 Å². The molecule has 0 saturated heterocycles. The summed E-state index contributed by atoms with van der Waals surface area (Å²) in [4.78, 5) is 4.85. The number of fused-ring (bicyclic) bond motifs is 1. The van der Waals surface area contributed by atoms with Crippen molar-refractivity contribution in [3.8, 4) is 11.5 Å². The van der Waals surface area contributed by atoms with Crippen molar-refractivity contribution >= 4 is 22.6 Å². The number of benzene rings is 3. The summed E-state index contributed by atoms with van der Waals surface area (Å²) in [5, 5.41) is 0.757. The van der Waals surface area contributed by atoms with E-state index in [9.17, 15) is 0 Å². The first-order valence-electron chi connectivity index (χ1n) is 9.78. The largest absolute Gasteiger partial charge is 0.490 e. The van der Waals surface area contributed by atoms with Gasteiger partial charge in [-0.25, -0.2) is 4.98 Å². The molecule has 0 aliphatic rings. The van der Waals surface area contributed by atoms with Crippen LogP contribution < -0.4 is 9.47 Å². The van der Waals surface area contributed by atoms with E-state index < -0.39 is 0 Å². The van der Waals surface area contributed by atoms with Gasteiger partial charge in [0.1, 0.15) is 12.4 Å². The average molecular weight is 407 g/mol. The van der Waals surface area contributed by atoms with Crippen LogP contribution in [0.15, 0.2) is 72.8 Å². The molecular weight excluding hydrogens is 384 g/mol. The molecule has 1 heterocycles. The van der Waals surface area contributed by atoms with Crippen LogP contribution in [0.5, 0.6) is 11.5 Å². The summed E-state index contributed by atoms with van der Waals surface area (Å²) in [6.07, 6.45) is 0.671. The summed E-state index contributed by atoms with van der Waals surface area (Å²) in [5.41, 5.74) is 3.13. The summed E-state index contributed by atoms with van der Waals surface area (Å²) in [7, 11) is 0. The van der Waals surface area contributed by atoms with E-state index in [0.717, 1.165) is 38.9 Å². The fourth-order valence-corrected chi connectivity index (χ4v) is 3.62. The molecule has 0 spiro atoms. The second kappa shape index (κ2) is 9.01. The molecule has 0 bridgehead atoms. The van der Waals surface area contributed by atoms with Crippen LogP contribution in [0.2, 0.25) is 5.02 Å². The number of halogens is 1. The Morgan fingerprint density at radius 3 is 2.34 bits per heavy atom. The number of rotatable bonds is 8. The molecule has 0 atom stereocenters. The van der Waals surface area contributed by atoms with Gasteiger partial charge in [0.25, 0.3) is 0 Å². The zero-order valence-electron chi connectivity index (χ0n) is 16.3. The highest BCUT2D eigenvalue weighted by Gasteiger charge is 2.13. The second-order valence-electron chi connectivity index (χ2n) is 6.66. The van der Waals surface area contributed by atoms with Crippen molar-refractivity contribution in [1.29, 1.82) is 0 Å². The maximum absolute atomic E-state index is 6.38. The number of imidazole rings is 1. The van der Waals surface area contributed by atoms with E-state index in [1.165, 1.54) is 0 Å².